The average molecular weight is 494 g/mol. The zero-order valence-corrected chi connectivity index (χ0v) is 18.5. The maximum atomic E-state index is 12.5. The van der Waals surface area contributed by atoms with E-state index >= 15 is 0 Å². The molecule has 2 saturated heterocycles. The topological polar surface area (TPSA) is 83.0 Å². The van der Waals surface area contributed by atoms with Crippen molar-refractivity contribution in [2.45, 2.75) is 49.0 Å². The molecule has 1 aromatic rings. The lowest BCUT2D eigenvalue weighted by atomic mass is 9.96. The molecule has 9 heteroatoms. The molecule has 2 aliphatic rings. The molecule has 3 unspecified atom stereocenters. The minimum atomic E-state index is -3.48. The molecule has 2 heterocycles. The summed E-state index contributed by atoms with van der Waals surface area (Å²) in [6, 6.07) is 7.29. The fourth-order valence-electron chi connectivity index (χ4n) is 3.44. The van der Waals surface area contributed by atoms with Crippen molar-refractivity contribution >= 4 is 40.0 Å². The summed E-state index contributed by atoms with van der Waals surface area (Å²) < 4.78 is 32.0. The SMILES string of the molecule is CN=C(NCc1ccccc1S(=O)(=O)N(C)C)NC1CC2CCC1O2.I. The summed E-state index contributed by atoms with van der Waals surface area (Å²) in [5, 5.41) is 6.63. The van der Waals surface area contributed by atoms with Crippen molar-refractivity contribution < 1.29 is 13.2 Å². The van der Waals surface area contributed by atoms with Crippen LogP contribution in [0.3, 0.4) is 0 Å². The molecule has 1 aromatic carbocycles. The first-order chi connectivity index (χ1) is 11.9. The van der Waals surface area contributed by atoms with Crippen LogP contribution >= 0.6 is 24.0 Å². The van der Waals surface area contributed by atoms with Gasteiger partial charge in [-0.05, 0) is 30.9 Å². The zero-order valence-electron chi connectivity index (χ0n) is 15.3. The second-order valence-electron chi connectivity index (χ2n) is 6.68. The van der Waals surface area contributed by atoms with E-state index in [1.165, 1.54) is 18.4 Å². The summed E-state index contributed by atoms with van der Waals surface area (Å²) in [5.41, 5.74) is 0.711. The van der Waals surface area contributed by atoms with Crippen molar-refractivity contribution in [3.63, 3.8) is 0 Å². The quantitative estimate of drug-likeness (QED) is 0.369. The van der Waals surface area contributed by atoms with Crippen molar-refractivity contribution in [3.05, 3.63) is 29.8 Å². The second-order valence-corrected chi connectivity index (χ2v) is 8.80. The lowest BCUT2D eigenvalue weighted by Crippen LogP contribution is -2.47. The van der Waals surface area contributed by atoms with Gasteiger partial charge in [0.1, 0.15) is 0 Å². The fourth-order valence-corrected chi connectivity index (χ4v) is 4.55. The Kier molecular flexibility index (Phi) is 7.28. The molecule has 2 fully saturated rings. The number of rotatable bonds is 5. The Morgan fingerprint density at radius 2 is 2.04 bits per heavy atom. The number of ether oxygens (including phenoxy) is 1. The standard InChI is InChI=1S/C17H26N4O3S.HI/c1-18-17(20-14-10-13-8-9-15(14)24-13)19-11-12-6-4-5-7-16(12)25(22,23)21(2)3;/h4-7,13-15H,8-11H2,1-3H3,(H2,18,19,20);1H. The molecule has 3 rings (SSSR count). The van der Waals surface area contributed by atoms with Gasteiger partial charge in [0.15, 0.2) is 5.96 Å². The van der Waals surface area contributed by atoms with Gasteiger partial charge in [-0.25, -0.2) is 12.7 Å². The van der Waals surface area contributed by atoms with E-state index in [9.17, 15) is 8.42 Å². The minimum Gasteiger partial charge on any atom is -0.373 e. The number of nitrogens with one attached hydrogen (secondary N) is 2. The number of halogens is 1. The van der Waals surface area contributed by atoms with Crippen LogP contribution in [-0.2, 0) is 21.3 Å². The predicted molar refractivity (Wildman–Crippen MR) is 112 cm³/mol. The molecule has 0 amide bonds. The summed E-state index contributed by atoms with van der Waals surface area (Å²) >= 11 is 0. The van der Waals surface area contributed by atoms with Gasteiger partial charge in [0.05, 0.1) is 23.1 Å². The molecular formula is C17H27IN4O3S. The van der Waals surface area contributed by atoms with Crippen molar-refractivity contribution in [1.82, 2.24) is 14.9 Å². The summed E-state index contributed by atoms with van der Waals surface area (Å²) in [5.74, 6) is 0.665. The van der Waals surface area contributed by atoms with E-state index < -0.39 is 10.0 Å². The van der Waals surface area contributed by atoms with E-state index in [0.717, 1.165) is 19.3 Å². The van der Waals surface area contributed by atoms with Crippen LogP contribution in [0.2, 0.25) is 0 Å². The summed E-state index contributed by atoms with van der Waals surface area (Å²) in [4.78, 5) is 4.57. The smallest absolute Gasteiger partial charge is 0.242 e. The van der Waals surface area contributed by atoms with Gasteiger partial charge in [0, 0.05) is 27.7 Å². The molecule has 146 valence electrons. The number of benzene rings is 1. The number of hydrogen-bond acceptors (Lipinski definition) is 4. The Morgan fingerprint density at radius 3 is 2.62 bits per heavy atom. The largest absolute Gasteiger partial charge is 0.373 e. The van der Waals surface area contributed by atoms with E-state index in [0.29, 0.717) is 29.1 Å². The molecular weight excluding hydrogens is 467 g/mol. The third kappa shape index (κ3) is 4.49. The Morgan fingerprint density at radius 1 is 1.31 bits per heavy atom. The molecule has 0 spiro atoms. The number of hydrogen-bond donors (Lipinski definition) is 2. The number of sulfonamides is 1. The number of nitrogens with zero attached hydrogens (tertiary/aromatic N) is 2. The highest BCUT2D eigenvalue weighted by Gasteiger charge is 2.41. The third-order valence-corrected chi connectivity index (χ3v) is 6.74. The summed E-state index contributed by atoms with van der Waals surface area (Å²) in [6.45, 7) is 0.380. The van der Waals surface area contributed by atoms with Crippen LogP contribution in [-0.4, -0.2) is 58.1 Å². The van der Waals surface area contributed by atoms with E-state index in [4.69, 9.17) is 4.74 Å². The molecule has 3 atom stereocenters. The Labute approximate surface area is 172 Å². The number of fused-ring (bicyclic) bond motifs is 2. The normalized spacial score (nSPS) is 25.2. The van der Waals surface area contributed by atoms with Crippen molar-refractivity contribution in [1.29, 1.82) is 0 Å². The Balaban J connectivity index is 0.00000243. The van der Waals surface area contributed by atoms with Crippen LogP contribution < -0.4 is 10.6 Å². The van der Waals surface area contributed by atoms with E-state index in [1.54, 1.807) is 19.2 Å². The fraction of sp³-hybridized carbons (Fsp3) is 0.588. The molecule has 2 aliphatic heterocycles. The van der Waals surface area contributed by atoms with Crippen molar-refractivity contribution in [3.8, 4) is 0 Å². The molecule has 2 N–H and O–H groups in total. The molecule has 0 aliphatic carbocycles. The first-order valence-electron chi connectivity index (χ1n) is 8.55. The van der Waals surface area contributed by atoms with E-state index in [-0.39, 0.29) is 36.1 Å². The summed E-state index contributed by atoms with van der Waals surface area (Å²) in [7, 11) is 1.31. The van der Waals surface area contributed by atoms with Gasteiger partial charge < -0.3 is 15.4 Å². The van der Waals surface area contributed by atoms with Crippen LogP contribution in [0.4, 0.5) is 0 Å². The molecule has 7 nitrogen and oxygen atoms in total. The van der Waals surface area contributed by atoms with Crippen LogP contribution in [0.15, 0.2) is 34.2 Å². The molecule has 0 radical (unpaired) electrons. The number of guanidine groups is 1. The maximum Gasteiger partial charge on any atom is 0.242 e. The Hall–Kier alpha value is -0.910. The zero-order chi connectivity index (χ0) is 18.0. The minimum absolute atomic E-state index is 0. The van der Waals surface area contributed by atoms with Crippen molar-refractivity contribution in [2.75, 3.05) is 21.1 Å². The molecule has 0 aromatic heterocycles. The van der Waals surface area contributed by atoms with Gasteiger partial charge in [-0.3, -0.25) is 4.99 Å². The molecule has 26 heavy (non-hydrogen) atoms. The molecule has 0 saturated carbocycles. The van der Waals surface area contributed by atoms with Crippen LogP contribution in [0.25, 0.3) is 0 Å². The van der Waals surface area contributed by atoms with Gasteiger partial charge in [-0.1, -0.05) is 18.2 Å². The highest BCUT2D eigenvalue weighted by Crippen LogP contribution is 2.34. The van der Waals surface area contributed by atoms with E-state index in [2.05, 4.69) is 15.6 Å². The maximum absolute atomic E-state index is 12.5. The van der Waals surface area contributed by atoms with Crippen LogP contribution in [0.5, 0.6) is 0 Å². The molecule has 2 bridgehead atoms. The van der Waals surface area contributed by atoms with Gasteiger partial charge in [-0.2, -0.15) is 0 Å². The summed E-state index contributed by atoms with van der Waals surface area (Å²) in [6.07, 6.45) is 3.85. The number of aliphatic imine (C=N–C) groups is 1. The van der Waals surface area contributed by atoms with Gasteiger partial charge in [-0.15, -0.1) is 24.0 Å². The van der Waals surface area contributed by atoms with Crippen molar-refractivity contribution in [2.24, 2.45) is 4.99 Å². The van der Waals surface area contributed by atoms with Gasteiger partial charge in [0.25, 0.3) is 0 Å². The van der Waals surface area contributed by atoms with Crippen LogP contribution in [0, 0.1) is 0 Å². The highest BCUT2D eigenvalue weighted by atomic mass is 127. The average Bonchev–Trinajstić information content (AvgIpc) is 3.21. The van der Waals surface area contributed by atoms with Gasteiger partial charge in [0.2, 0.25) is 10.0 Å². The lowest BCUT2D eigenvalue weighted by molar-refractivity contribution is 0.0992. The monoisotopic (exact) mass is 494 g/mol. The Bertz CT molecular complexity index is 754. The first kappa shape index (κ1) is 21.4. The highest BCUT2D eigenvalue weighted by molar-refractivity contribution is 14.0. The second kappa shape index (κ2) is 8.85. The van der Waals surface area contributed by atoms with Crippen LogP contribution in [0.1, 0.15) is 24.8 Å². The first-order valence-corrected chi connectivity index (χ1v) is 9.99. The third-order valence-electron chi connectivity index (χ3n) is 4.83. The lowest BCUT2D eigenvalue weighted by Gasteiger charge is -2.23. The van der Waals surface area contributed by atoms with Gasteiger partial charge >= 0.3 is 0 Å². The van der Waals surface area contributed by atoms with E-state index in [1.807, 2.05) is 12.1 Å². The predicted octanol–water partition coefficient (Wildman–Crippen LogP) is 1.54.